The Morgan fingerprint density at radius 2 is 1.65 bits per heavy atom. The summed E-state index contributed by atoms with van der Waals surface area (Å²) in [4.78, 5) is 12.0. The molecule has 0 unspecified atom stereocenters. The predicted molar refractivity (Wildman–Crippen MR) is 120 cm³/mol. The second-order valence-corrected chi connectivity index (χ2v) is 8.60. The van der Waals surface area contributed by atoms with E-state index in [0.29, 0.717) is 24.1 Å². The molecule has 0 fully saturated rings. The molecular formula is C23H21F3N2O5S. The number of nitrogens with one attached hydrogen (secondary N) is 2. The zero-order valence-corrected chi connectivity index (χ0v) is 18.7. The van der Waals surface area contributed by atoms with Crippen LogP contribution in [0.2, 0.25) is 0 Å². The van der Waals surface area contributed by atoms with Crippen LogP contribution in [0.25, 0.3) is 0 Å². The molecule has 3 aromatic rings. The van der Waals surface area contributed by atoms with Gasteiger partial charge in [0.1, 0.15) is 11.5 Å². The summed E-state index contributed by atoms with van der Waals surface area (Å²) in [5.41, 5.74) is -0.710. The van der Waals surface area contributed by atoms with Crippen molar-refractivity contribution >= 4 is 27.3 Å². The normalized spacial score (nSPS) is 11.5. The molecule has 3 rings (SSSR count). The van der Waals surface area contributed by atoms with E-state index in [1.807, 2.05) is 6.92 Å². The van der Waals surface area contributed by atoms with Crippen LogP contribution in [0.4, 0.5) is 24.5 Å². The van der Waals surface area contributed by atoms with Gasteiger partial charge in [-0.05, 0) is 61.5 Å². The Kier molecular flexibility index (Phi) is 7.67. The van der Waals surface area contributed by atoms with Gasteiger partial charge in [0.05, 0.1) is 22.8 Å². The molecule has 0 aliphatic carbocycles. The topological polar surface area (TPSA) is 93.7 Å². The minimum absolute atomic E-state index is 0.188. The van der Waals surface area contributed by atoms with Crippen LogP contribution < -0.4 is 19.5 Å². The van der Waals surface area contributed by atoms with E-state index < -0.39 is 27.7 Å². The summed E-state index contributed by atoms with van der Waals surface area (Å²) in [6, 6.07) is 15.9. The number of para-hydroxylation sites is 2. The van der Waals surface area contributed by atoms with Crippen molar-refractivity contribution in [2.24, 2.45) is 0 Å². The van der Waals surface area contributed by atoms with E-state index in [9.17, 15) is 26.4 Å². The molecule has 0 saturated heterocycles. The van der Waals surface area contributed by atoms with E-state index in [1.54, 1.807) is 24.3 Å². The summed E-state index contributed by atoms with van der Waals surface area (Å²) in [6.07, 6.45) is -4.60. The number of benzene rings is 3. The summed E-state index contributed by atoms with van der Waals surface area (Å²) in [7, 11) is -4.14. The molecule has 7 nitrogen and oxygen atoms in total. The number of anilines is 2. The fourth-order valence-electron chi connectivity index (χ4n) is 2.87. The number of hydrogen-bond donors (Lipinski definition) is 2. The van der Waals surface area contributed by atoms with Crippen molar-refractivity contribution in [3.63, 3.8) is 0 Å². The van der Waals surface area contributed by atoms with Crippen LogP contribution in [0.15, 0.2) is 77.7 Å². The lowest BCUT2D eigenvalue weighted by atomic mass is 10.2. The molecule has 180 valence electrons. The van der Waals surface area contributed by atoms with Crippen molar-refractivity contribution in [1.29, 1.82) is 0 Å². The highest BCUT2D eigenvalue weighted by molar-refractivity contribution is 7.92. The van der Waals surface area contributed by atoms with Gasteiger partial charge in [-0.15, -0.1) is 0 Å². The second-order valence-electron chi connectivity index (χ2n) is 6.92. The lowest BCUT2D eigenvalue weighted by molar-refractivity contribution is -0.137. The highest BCUT2D eigenvalue weighted by Gasteiger charge is 2.30. The lowest BCUT2D eigenvalue weighted by Gasteiger charge is -2.13. The fraction of sp³-hybridized carbons (Fsp3) is 0.174. The first-order chi connectivity index (χ1) is 16.1. The Morgan fingerprint density at radius 3 is 2.32 bits per heavy atom. The molecule has 11 heteroatoms. The van der Waals surface area contributed by atoms with Crippen LogP contribution in [-0.2, 0) is 21.0 Å². The molecule has 0 bridgehead atoms. The van der Waals surface area contributed by atoms with E-state index in [2.05, 4.69) is 10.0 Å². The number of amides is 1. The van der Waals surface area contributed by atoms with Gasteiger partial charge in [-0.1, -0.05) is 18.2 Å². The summed E-state index contributed by atoms with van der Waals surface area (Å²) in [6.45, 7) is 1.91. The van der Waals surface area contributed by atoms with Crippen LogP contribution in [-0.4, -0.2) is 27.5 Å². The number of alkyl halides is 3. The summed E-state index contributed by atoms with van der Waals surface area (Å²) >= 11 is 0. The Bertz CT molecular complexity index is 1250. The Hall–Kier alpha value is -3.73. The Morgan fingerprint density at radius 1 is 0.941 bits per heavy atom. The van der Waals surface area contributed by atoms with Gasteiger partial charge in [0.2, 0.25) is 0 Å². The fourth-order valence-corrected chi connectivity index (χ4v) is 3.92. The second kappa shape index (κ2) is 10.5. The quantitative estimate of drug-likeness (QED) is 0.440. The smallest absolute Gasteiger partial charge is 0.416 e. The third-order valence-corrected chi connectivity index (χ3v) is 5.80. The number of halogens is 3. The third kappa shape index (κ3) is 6.64. The number of sulfonamides is 1. The zero-order chi connectivity index (χ0) is 24.8. The van der Waals surface area contributed by atoms with E-state index >= 15 is 0 Å². The van der Waals surface area contributed by atoms with Gasteiger partial charge in [0, 0.05) is 5.69 Å². The average Bonchev–Trinajstić information content (AvgIpc) is 2.79. The summed E-state index contributed by atoms with van der Waals surface area (Å²) in [5.74, 6) is 0.294. The van der Waals surface area contributed by atoms with Crippen LogP contribution in [0.3, 0.4) is 0 Å². The summed E-state index contributed by atoms with van der Waals surface area (Å²) < 4.78 is 76.5. The van der Waals surface area contributed by atoms with Crippen molar-refractivity contribution in [2.45, 2.75) is 18.0 Å². The van der Waals surface area contributed by atoms with Crippen LogP contribution >= 0.6 is 0 Å². The minimum Gasteiger partial charge on any atom is -0.492 e. The molecule has 34 heavy (non-hydrogen) atoms. The van der Waals surface area contributed by atoms with E-state index in [4.69, 9.17) is 9.47 Å². The standard InChI is InChI=1S/C23H21F3N2O5S/c1-2-32-21-9-4-3-8-20(21)27-22(29)15-33-18-10-12-19(13-11-18)34(30,31)28-17-7-5-6-16(14-17)23(24,25)26/h3-14,28H,2,15H2,1H3,(H,27,29). The molecule has 0 atom stereocenters. The maximum Gasteiger partial charge on any atom is 0.416 e. The number of carbonyl (C=O) groups is 1. The largest absolute Gasteiger partial charge is 0.492 e. The molecular weight excluding hydrogens is 473 g/mol. The molecule has 0 aliphatic heterocycles. The Labute approximate surface area is 194 Å². The van der Waals surface area contributed by atoms with Gasteiger partial charge in [0.25, 0.3) is 15.9 Å². The molecule has 0 aliphatic rings. The van der Waals surface area contributed by atoms with Crippen LogP contribution in [0, 0.1) is 0 Å². The van der Waals surface area contributed by atoms with Crippen molar-refractivity contribution in [2.75, 3.05) is 23.3 Å². The number of hydrogen-bond acceptors (Lipinski definition) is 5. The minimum atomic E-state index is -4.60. The SMILES string of the molecule is CCOc1ccccc1NC(=O)COc1ccc(S(=O)(=O)Nc2cccc(C(F)(F)F)c2)cc1. The highest BCUT2D eigenvalue weighted by atomic mass is 32.2. The maximum atomic E-state index is 12.8. The maximum absolute atomic E-state index is 12.8. The number of rotatable bonds is 9. The van der Waals surface area contributed by atoms with Crippen LogP contribution in [0.1, 0.15) is 12.5 Å². The van der Waals surface area contributed by atoms with Crippen molar-refractivity contribution in [3.05, 3.63) is 78.4 Å². The zero-order valence-electron chi connectivity index (χ0n) is 17.9. The van der Waals surface area contributed by atoms with Crippen molar-refractivity contribution in [1.82, 2.24) is 0 Å². The number of ether oxygens (including phenoxy) is 2. The van der Waals surface area contributed by atoms with E-state index in [-0.39, 0.29) is 22.9 Å². The lowest BCUT2D eigenvalue weighted by Crippen LogP contribution is -2.20. The average molecular weight is 494 g/mol. The van der Waals surface area contributed by atoms with E-state index in [1.165, 1.54) is 30.3 Å². The first-order valence-electron chi connectivity index (χ1n) is 10.0. The molecule has 0 spiro atoms. The molecule has 2 N–H and O–H groups in total. The first kappa shape index (κ1) is 24.9. The molecule has 0 aromatic heterocycles. The van der Waals surface area contributed by atoms with Crippen molar-refractivity contribution < 1.29 is 35.9 Å². The van der Waals surface area contributed by atoms with Gasteiger partial charge in [-0.25, -0.2) is 8.42 Å². The van der Waals surface area contributed by atoms with Gasteiger partial charge in [-0.3, -0.25) is 9.52 Å². The first-order valence-corrected chi connectivity index (χ1v) is 11.5. The van der Waals surface area contributed by atoms with E-state index in [0.717, 1.165) is 12.1 Å². The third-order valence-electron chi connectivity index (χ3n) is 4.41. The van der Waals surface area contributed by atoms with Crippen molar-refractivity contribution in [3.8, 4) is 11.5 Å². The van der Waals surface area contributed by atoms with Gasteiger partial charge < -0.3 is 14.8 Å². The van der Waals surface area contributed by atoms with Gasteiger partial charge >= 0.3 is 6.18 Å². The molecule has 0 saturated carbocycles. The van der Waals surface area contributed by atoms with Gasteiger partial charge in [0.15, 0.2) is 6.61 Å². The molecule has 0 heterocycles. The van der Waals surface area contributed by atoms with Gasteiger partial charge in [-0.2, -0.15) is 13.2 Å². The monoisotopic (exact) mass is 494 g/mol. The number of carbonyl (C=O) groups excluding carboxylic acids is 1. The molecule has 1 amide bonds. The molecule has 0 radical (unpaired) electrons. The van der Waals surface area contributed by atoms with Crippen LogP contribution in [0.5, 0.6) is 11.5 Å². The Balaban J connectivity index is 1.61. The predicted octanol–water partition coefficient (Wildman–Crippen LogP) is 4.92. The molecule has 3 aromatic carbocycles. The summed E-state index contributed by atoms with van der Waals surface area (Å²) in [5, 5.41) is 2.67. The highest BCUT2D eigenvalue weighted by Crippen LogP contribution is 2.31.